The molecule has 0 radical (unpaired) electrons. The zero-order valence-electron chi connectivity index (χ0n) is 8.44. The lowest BCUT2D eigenvalue weighted by atomic mass is 9.81. The van der Waals surface area contributed by atoms with Gasteiger partial charge in [0.1, 0.15) is 6.10 Å². The van der Waals surface area contributed by atoms with Crippen LogP contribution < -0.4 is 0 Å². The van der Waals surface area contributed by atoms with E-state index in [-0.39, 0.29) is 18.2 Å². The Morgan fingerprint density at radius 1 is 1.43 bits per heavy atom. The third kappa shape index (κ3) is 1.05. The summed E-state index contributed by atoms with van der Waals surface area (Å²) in [6.07, 6.45) is 3.33. The number of ether oxygens (including phenoxy) is 2. The van der Waals surface area contributed by atoms with Gasteiger partial charge >= 0.3 is 5.97 Å². The van der Waals surface area contributed by atoms with E-state index in [0.717, 1.165) is 6.61 Å². The van der Waals surface area contributed by atoms with Gasteiger partial charge in [-0.25, -0.2) is 0 Å². The Bertz CT molecular complexity index is 263. The average Bonchev–Trinajstić information content (AvgIpc) is 2.66. The van der Waals surface area contributed by atoms with Crippen molar-refractivity contribution in [3.63, 3.8) is 0 Å². The third-order valence-corrected chi connectivity index (χ3v) is 4.05. The molecule has 78 valence electrons. The van der Waals surface area contributed by atoms with E-state index in [9.17, 15) is 4.79 Å². The minimum Gasteiger partial charge on any atom is -0.459 e. The van der Waals surface area contributed by atoms with E-state index in [1.807, 2.05) is 6.92 Å². The number of hydrogen-bond acceptors (Lipinski definition) is 3. The highest BCUT2D eigenvalue weighted by molar-refractivity contribution is 5.71. The van der Waals surface area contributed by atoms with Gasteiger partial charge in [-0.05, 0) is 31.6 Å². The van der Waals surface area contributed by atoms with Crippen molar-refractivity contribution in [1.82, 2.24) is 0 Å². The Kier molecular flexibility index (Phi) is 1.84. The summed E-state index contributed by atoms with van der Waals surface area (Å²) in [5.74, 6) is 1.85. The van der Waals surface area contributed by atoms with Crippen molar-refractivity contribution in [2.75, 3.05) is 6.61 Å². The Labute approximate surface area is 83.8 Å². The molecule has 5 atom stereocenters. The standard InChI is InChI=1S/C11H16O3/c1-2-13-10-7-3-6-5-9(12)14-11(10)8(6)4-7/h6-8,10-11H,2-5H2,1H3. The number of carbonyl (C=O) groups is 1. The van der Waals surface area contributed by atoms with Gasteiger partial charge < -0.3 is 9.47 Å². The zero-order valence-corrected chi connectivity index (χ0v) is 8.44. The summed E-state index contributed by atoms with van der Waals surface area (Å²) in [4.78, 5) is 11.3. The van der Waals surface area contributed by atoms with E-state index in [1.165, 1.54) is 12.8 Å². The molecule has 0 spiro atoms. The lowest BCUT2D eigenvalue weighted by molar-refractivity contribution is -0.177. The predicted octanol–water partition coefficient (Wildman–Crippen LogP) is 1.36. The highest BCUT2D eigenvalue weighted by Crippen LogP contribution is 2.54. The second kappa shape index (κ2) is 2.96. The van der Waals surface area contributed by atoms with Gasteiger partial charge in [-0.2, -0.15) is 0 Å². The van der Waals surface area contributed by atoms with Gasteiger partial charge in [-0.3, -0.25) is 4.79 Å². The maximum Gasteiger partial charge on any atom is 0.306 e. The maximum absolute atomic E-state index is 11.3. The lowest BCUT2D eigenvalue weighted by Crippen LogP contribution is -2.46. The molecule has 0 N–H and O–H groups in total. The van der Waals surface area contributed by atoms with Gasteiger partial charge in [0, 0.05) is 18.9 Å². The normalized spacial score (nSPS) is 49.5. The lowest BCUT2D eigenvalue weighted by Gasteiger charge is -2.38. The minimum atomic E-state index is -0.0127. The van der Waals surface area contributed by atoms with Crippen LogP contribution in [0, 0.1) is 17.8 Å². The monoisotopic (exact) mass is 196 g/mol. The summed E-state index contributed by atoms with van der Waals surface area (Å²) in [6.45, 7) is 2.74. The Hall–Kier alpha value is -0.570. The Morgan fingerprint density at radius 2 is 2.29 bits per heavy atom. The molecule has 0 aromatic rings. The number of hydrogen-bond donors (Lipinski definition) is 0. The first-order valence-electron chi connectivity index (χ1n) is 5.60. The van der Waals surface area contributed by atoms with Crippen LogP contribution in [0.15, 0.2) is 0 Å². The summed E-state index contributed by atoms with van der Waals surface area (Å²) in [6, 6.07) is 0. The molecule has 1 heterocycles. The molecule has 5 unspecified atom stereocenters. The van der Waals surface area contributed by atoms with Crippen LogP contribution in [-0.2, 0) is 14.3 Å². The van der Waals surface area contributed by atoms with E-state index < -0.39 is 0 Å². The molecule has 3 aliphatic rings. The first-order valence-corrected chi connectivity index (χ1v) is 5.60. The number of fused-ring (bicyclic) bond motifs is 1. The maximum atomic E-state index is 11.3. The van der Waals surface area contributed by atoms with Gasteiger partial charge in [0.25, 0.3) is 0 Å². The number of carbonyl (C=O) groups excluding carboxylic acids is 1. The quantitative estimate of drug-likeness (QED) is 0.626. The van der Waals surface area contributed by atoms with Crippen molar-refractivity contribution in [2.24, 2.45) is 17.8 Å². The van der Waals surface area contributed by atoms with Crippen LogP contribution in [0.5, 0.6) is 0 Å². The van der Waals surface area contributed by atoms with Crippen molar-refractivity contribution >= 4 is 5.97 Å². The van der Waals surface area contributed by atoms with Crippen molar-refractivity contribution in [3.8, 4) is 0 Å². The van der Waals surface area contributed by atoms with Crippen LogP contribution in [0.25, 0.3) is 0 Å². The van der Waals surface area contributed by atoms with Crippen molar-refractivity contribution in [2.45, 2.75) is 38.4 Å². The van der Waals surface area contributed by atoms with Crippen molar-refractivity contribution in [1.29, 1.82) is 0 Å². The fourth-order valence-electron chi connectivity index (χ4n) is 3.61. The molecule has 3 rings (SSSR count). The van der Waals surface area contributed by atoms with E-state index >= 15 is 0 Å². The van der Waals surface area contributed by atoms with Crippen LogP contribution in [0.1, 0.15) is 26.2 Å². The van der Waals surface area contributed by atoms with E-state index in [4.69, 9.17) is 9.47 Å². The fourth-order valence-corrected chi connectivity index (χ4v) is 3.61. The second-order valence-electron chi connectivity index (χ2n) is 4.73. The minimum absolute atomic E-state index is 0.0127. The van der Waals surface area contributed by atoms with Crippen LogP contribution >= 0.6 is 0 Å². The molecule has 0 aromatic heterocycles. The summed E-state index contributed by atoms with van der Waals surface area (Å²) in [7, 11) is 0. The molecule has 3 heteroatoms. The molecule has 0 aromatic carbocycles. The van der Waals surface area contributed by atoms with Gasteiger partial charge in [0.15, 0.2) is 0 Å². The van der Waals surface area contributed by atoms with Gasteiger partial charge in [-0.15, -0.1) is 0 Å². The second-order valence-corrected chi connectivity index (χ2v) is 4.73. The van der Waals surface area contributed by atoms with Gasteiger partial charge in [0.05, 0.1) is 6.10 Å². The molecule has 14 heavy (non-hydrogen) atoms. The molecule has 2 bridgehead atoms. The van der Waals surface area contributed by atoms with Gasteiger partial charge in [-0.1, -0.05) is 0 Å². The molecule has 0 amide bonds. The highest BCUT2D eigenvalue weighted by atomic mass is 16.6. The SMILES string of the molecule is CCOC1C2CC3CC(=O)OC1C3C2. The molecule has 3 fully saturated rings. The highest BCUT2D eigenvalue weighted by Gasteiger charge is 2.57. The smallest absolute Gasteiger partial charge is 0.306 e. The van der Waals surface area contributed by atoms with E-state index in [1.54, 1.807) is 0 Å². The van der Waals surface area contributed by atoms with Crippen LogP contribution in [0.2, 0.25) is 0 Å². The molecule has 1 aliphatic heterocycles. The summed E-state index contributed by atoms with van der Waals surface area (Å²) in [5, 5.41) is 0. The van der Waals surface area contributed by atoms with Crippen LogP contribution in [0.4, 0.5) is 0 Å². The van der Waals surface area contributed by atoms with Crippen molar-refractivity contribution in [3.05, 3.63) is 0 Å². The number of rotatable bonds is 2. The first kappa shape index (κ1) is 8.72. The molecule has 2 saturated carbocycles. The summed E-state index contributed by atoms with van der Waals surface area (Å²) in [5.41, 5.74) is 0. The van der Waals surface area contributed by atoms with E-state index in [0.29, 0.717) is 24.2 Å². The fraction of sp³-hybridized carbons (Fsp3) is 0.909. The summed E-state index contributed by atoms with van der Waals surface area (Å²) < 4.78 is 11.1. The predicted molar refractivity (Wildman–Crippen MR) is 49.6 cm³/mol. The Morgan fingerprint density at radius 3 is 3.07 bits per heavy atom. The van der Waals surface area contributed by atoms with Crippen LogP contribution in [0.3, 0.4) is 0 Å². The molecule has 3 nitrogen and oxygen atoms in total. The molecule has 1 saturated heterocycles. The number of esters is 1. The average molecular weight is 196 g/mol. The molecular weight excluding hydrogens is 180 g/mol. The first-order chi connectivity index (χ1) is 6.79. The van der Waals surface area contributed by atoms with E-state index in [2.05, 4.69) is 0 Å². The topological polar surface area (TPSA) is 35.5 Å². The molecule has 2 aliphatic carbocycles. The van der Waals surface area contributed by atoms with Crippen LogP contribution in [-0.4, -0.2) is 24.8 Å². The molecular formula is C11H16O3. The largest absolute Gasteiger partial charge is 0.459 e. The third-order valence-electron chi connectivity index (χ3n) is 4.05. The van der Waals surface area contributed by atoms with Crippen molar-refractivity contribution < 1.29 is 14.3 Å². The summed E-state index contributed by atoms with van der Waals surface area (Å²) >= 11 is 0. The van der Waals surface area contributed by atoms with Gasteiger partial charge in [0.2, 0.25) is 0 Å². The zero-order chi connectivity index (χ0) is 9.71. The Balaban J connectivity index is 1.82.